The molecule has 0 amide bonds. The van der Waals surface area contributed by atoms with Crippen LogP contribution in [0.25, 0.3) is 0 Å². The van der Waals surface area contributed by atoms with Gasteiger partial charge in [-0.1, -0.05) is 138 Å². The number of aryl methyl sites for hydroxylation is 4. The minimum absolute atomic E-state index is 0.000694. The van der Waals surface area contributed by atoms with Gasteiger partial charge in [-0.3, -0.25) is 0 Å². The first-order valence-corrected chi connectivity index (χ1v) is 18.7. The van der Waals surface area contributed by atoms with E-state index in [2.05, 4.69) is 144 Å². The van der Waals surface area contributed by atoms with E-state index in [1.54, 1.807) is 18.6 Å². The first kappa shape index (κ1) is 54.8. The van der Waals surface area contributed by atoms with Crippen molar-refractivity contribution in [1.29, 1.82) is 0 Å². The van der Waals surface area contributed by atoms with Gasteiger partial charge in [-0.05, 0) is 27.7 Å². The zero-order chi connectivity index (χ0) is 41.9. The molecule has 0 aliphatic heterocycles. The van der Waals surface area contributed by atoms with Crippen molar-refractivity contribution >= 4 is 0 Å². The summed E-state index contributed by atoms with van der Waals surface area (Å²) in [5.41, 5.74) is 4.75. The summed E-state index contributed by atoms with van der Waals surface area (Å²) in [5, 5.41) is 31.4. The van der Waals surface area contributed by atoms with E-state index in [9.17, 15) is 0 Å². The van der Waals surface area contributed by atoms with Gasteiger partial charge in [0.25, 0.3) is 0 Å². The van der Waals surface area contributed by atoms with Crippen LogP contribution in [0, 0.1) is 27.7 Å². The molecule has 4 aromatic heterocycles. The van der Waals surface area contributed by atoms with Crippen LogP contribution in [0.4, 0.5) is 0 Å². The molecule has 12 heteroatoms. The van der Waals surface area contributed by atoms with Crippen LogP contribution in [0.5, 0.6) is 0 Å². The highest BCUT2D eigenvalue weighted by molar-refractivity contribution is 5.15. The summed E-state index contributed by atoms with van der Waals surface area (Å²) in [7, 11) is 0. The maximum Gasteiger partial charge on any atom is 0.156 e. The molecule has 296 valence electrons. The van der Waals surface area contributed by atoms with E-state index in [0.717, 1.165) is 45.9 Å². The van der Waals surface area contributed by atoms with E-state index in [4.69, 9.17) is 0 Å². The Morgan fingerprint density at radius 2 is 0.923 bits per heavy atom. The van der Waals surface area contributed by atoms with E-state index >= 15 is 0 Å². The van der Waals surface area contributed by atoms with E-state index in [0.29, 0.717) is 0 Å². The maximum absolute atomic E-state index is 4.27. The zero-order valence-corrected chi connectivity index (χ0v) is 37.7. The standard InChI is InChI=1S/4C8H13N3.4C2H6/c1-6-7(8(2,3)4)11-10-5-9-6;1-6-9-5-7(11-10-6)8(2,3)4;1-6-5-9-11-7(10-6)8(2,3)4;1-6-5-9-7(11-10-6)8(2,3)4;4*1-2/h4*5H,1-4H3;4*1-2H3. The van der Waals surface area contributed by atoms with Gasteiger partial charge in [-0.2, -0.15) is 20.4 Å². The highest BCUT2D eigenvalue weighted by Gasteiger charge is 2.19. The van der Waals surface area contributed by atoms with Crippen molar-refractivity contribution in [3.63, 3.8) is 0 Å². The lowest BCUT2D eigenvalue weighted by molar-refractivity contribution is 0.530. The second kappa shape index (κ2) is 27.7. The van der Waals surface area contributed by atoms with E-state index in [1.807, 2.05) is 83.1 Å². The highest BCUT2D eigenvalue weighted by Crippen LogP contribution is 2.21. The molecule has 4 heterocycles. The van der Waals surface area contributed by atoms with Gasteiger partial charge >= 0.3 is 0 Å². The van der Waals surface area contributed by atoms with Gasteiger partial charge < -0.3 is 0 Å². The summed E-state index contributed by atoms with van der Waals surface area (Å²) < 4.78 is 0. The van der Waals surface area contributed by atoms with Crippen molar-refractivity contribution in [3.05, 3.63) is 70.9 Å². The molecule has 0 aliphatic carbocycles. The summed E-state index contributed by atoms with van der Waals surface area (Å²) in [6.07, 6.45) is 6.66. The molecule has 0 bridgehead atoms. The monoisotopic (exact) mass is 725 g/mol. The predicted octanol–water partition coefficient (Wildman–Crippen LogP) is 10.0. The summed E-state index contributed by atoms with van der Waals surface area (Å²) >= 11 is 0. The SMILES string of the molecule is CC.CC.CC.CC.Cc1cnc(C(C)(C)C)nn1.Cc1cnnc(C(C)(C)C)n1.Cc1ncc(C(C)(C)C)nn1.Cc1ncnnc1C(C)(C)C. The molecular weight excluding hydrogens is 649 g/mol. The van der Waals surface area contributed by atoms with Crippen molar-refractivity contribution in [2.24, 2.45) is 0 Å². The quantitative estimate of drug-likeness (QED) is 0.169. The molecule has 0 saturated carbocycles. The molecule has 0 unspecified atom stereocenters. The highest BCUT2D eigenvalue weighted by atomic mass is 15.2. The lowest BCUT2D eigenvalue weighted by Crippen LogP contribution is -2.17. The van der Waals surface area contributed by atoms with Crippen molar-refractivity contribution < 1.29 is 0 Å². The third-order valence-electron chi connectivity index (χ3n) is 5.66. The number of nitrogens with zero attached hydrogens (tertiary/aromatic N) is 12. The Bertz CT molecular complexity index is 1360. The molecular formula is C40H76N12. The molecule has 0 fully saturated rings. The number of rotatable bonds is 0. The fourth-order valence-electron chi connectivity index (χ4n) is 3.08. The molecule has 12 nitrogen and oxygen atoms in total. The molecule has 0 spiro atoms. The topological polar surface area (TPSA) is 155 Å². The molecule has 52 heavy (non-hydrogen) atoms. The van der Waals surface area contributed by atoms with Crippen molar-refractivity contribution in [2.45, 2.75) is 188 Å². The molecule has 0 atom stereocenters. The molecule has 0 aliphatic rings. The molecule has 0 radical (unpaired) electrons. The summed E-state index contributed by atoms with van der Waals surface area (Å²) in [5.74, 6) is 2.32. The Hall–Kier alpha value is -3.96. The van der Waals surface area contributed by atoms with Gasteiger partial charge in [0.2, 0.25) is 0 Å². The third-order valence-corrected chi connectivity index (χ3v) is 5.66. The van der Waals surface area contributed by atoms with Gasteiger partial charge in [0, 0.05) is 21.7 Å². The largest absolute Gasteiger partial charge is 0.238 e. The molecule has 0 saturated heterocycles. The van der Waals surface area contributed by atoms with Crippen molar-refractivity contribution in [2.75, 3.05) is 0 Å². The van der Waals surface area contributed by atoms with Gasteiger partial charge in [0.15, 0.2) is 11.6 Å². The minimum atomic E-state index is -0.000972. The number of aromatic nitrogens is 12. The molecule has 0 N–H and O–H groups in total. The van der Waals surface area contributed by atoms with E-state index in [1.165, 1.54) is 6.33 Å². The normalized spacial score (nSPS) is 10.3. The first-order valence-electron chi connectivity index (χ1n) is 18.7. The second-order valence-electron chi connectivity index (χ2n) is 14.6. The van der Waals surface area contributed by atoms with Crippen LogP contribution in [0.15, 0.2) is 24.9 Å². The fourth-order valence-corrected chi connectivity index (χ4v) is 3.08. The molecule has 0 aromatic carbocycles. The Balaban J connectivity index is -0.000000277. The van der Waals surface area contributed by atoms with Crippen molar-refractivity contribution in [3.8, 4) is 0 Å². The molecule has 4 rings (SSSR count). The summed E-state index contributed by atoms with van der Waals surface area (Å²) in [4.78, 5) is 16.6. The van der Waals surface area contributed by atoms with Crippen LogP contribution in [0.2, 0.25) is 0 Å². The maximum atomic E-state index is 4.27. The fraction of sp³-hybridized carbons (Fsp3) is 0.700. The molecule has 4 aromatic rings. The Kier molecular flexibility index (Phi) is 29.2. The minimum Gasteiger partial charge on any atom is -0.238 e. The van der Waals surface area contributed by atoms with Gasteiger partial charge in [-0.15, -0.1) is 20.4 Å². The zero-order valence-electron chi connectivity index (χ0n) is 37.7. The Morgan fingerprint density at radius 3 is 1.23 bits per heavy atom. The van der Waals surface area contributed by atoms with Crippen LogP contribution in [-0.2, 0) is 21.7 Å². The van der Waals surface area contributed by atoms with E-state index in [-0.39, 0.29) is 21.7 Å². The third kappa shape index (κ3) is 25.1. The van der Waals surface area contributed by atoms with Crippen LogP contribution in [0.1, 0.15) is 184 Å². The van der Waals surface area contributed by atoms with Crippen LogP contribution >= 0.6 is 0 Å². The van der Waals surface area contributed by atoms with Crippen LogP contribution in [-0.4, -0.2) is 60.7 Å². The smallest absolute Gasteiger partial charge is 0.156 e. The Morgan fingerprint density at radius 1 is 0.404 bits per heavy atom. The van der Waals surface area contributed by atoms with Gasteiger partial charge in [-0.25, -0.2) is 19.9 Å². The average Bonchev–Trinajstić information content (AvgIpc) is 3.08. The summed E-state index contributed by atoms with van der Waals surface area (Å²) in [6, 6.07) is 0. The van der Waals surface area contributed by atoms with Crippen LogP contribution < -0.4 is 0 Å². The number of hydrogen-bond acceptors (Lipinski definition) is 12. The lowest BCUT2D eigenvalue weighted by atomic mass is 9.91. The van der Waals surface area contributed by atoms with E-state index < -0.39 is 0 Å². The predicted molar refractivity (Wildman–Crippen MR) is 218 cm³/mol. The van der Waals surface area contributed by atoms with Crippen LogP contribution in [0.3, 0.4) is 0 Å². The first-order chi connectivity index (χ1) is 24.0. The number of hydrogen-bond donors (Lipinski definition) is 0. The Labute approximate surface area is 318 Å². The summed E-state index contributed by atoms with van der Waals surface area (Å²) in [6.45, 7) is 48.6. The van der Waals surface area contributed by atoms with Gasteiger partial charge in [0.05, 0.1) is 47.1 Å². The average molecular weight is 725 g/mol. The second-order valence-corrected chi connectivity index (χ2v) is 14.6. The van der Waals surface area contributed by atoms with Crippen molar-refractivity contribution in [1.82, 2.24) is 60.7 Å². The van der Waals surface area contributed by atoms with Gasteiger partial charge in [0.1, 0.15) is 12.2 Å². The lowest BCUT2D eigenvalue weighted by Gasteiger charge is -2.17.